The van der Waals surface area contributed by atoms with Crippen molar-refractivity contribution >= 4 is 24.1 Å². The standard InChI is InChI=1S/C8H11N5/c1-2-3-8(9)12-4-6-7(13-8)11-5-10-6/h4-5H,2-3,9H2,1H3. The molecule has 1 atom stereocenters. The van der Waals surface area contributed by atoms with E-state index in [-0.39, 0.29) is 0 Å². The second kappa shape index (κ2) is 2.85. The van der Waals surface area contributed by atoms with E-state index in [1.54, 1.807) is 6.21 Å². The van der Waals surface area contributed by atoms with Crippen LogP contribution in [0, 0.1) is 0 Å². The molecule has 0 aromatic carbocycles. The van der Waals surface area contributed by atoms with Gasteiger partial charge >= 0.3 is 0 Å². The van der Waals surface area contributed by atoms with Crippen molar-refractivity contribution in [2.24, 2.45) is 25.7 Å². The van der Waals surface area contributed by atoms with E-state index in [2.05, 4.69) is 20.0 Å². The zero-order valence-electron chi connectivity index (χ0n) is 7.44. The van der Waals surface area contributed by atoms with Crippen LogP contribution in [-0.4, -0.2) is 29.9 Å². The number of amidine groups is 1. The molecule has 2 rings (SSSR count). The summed E-state index contributed by atoms with van der Waals surface area (Å²) in [6.45, 7) is 2.05. The third-order valence-corrected chi connectivity index (χ3v) is 1.93. The van der Waals surface area contributed by atoms with Crippen LogP contribution < -0.4 is 5.73 Å². The van der Waals surface area contributed by atoms with E-state index in [9.17, 15) is 0 Å². The summed E-state index contributed by atoms with van der Waals surface area (Å²) in [6.07, 6.45) is 4.79. The van der Waals surface area contributed by atoms with Gasteiger partial charge in [-0.15, -0.1) is 0 Å². The zero-order chi connectivity index (χ0) is 9.31. The zero-order valence-corrected chi connectivity index (χ0v) is 7.44. The molecule has 0 aromatic rings. The van der Waals surface area contributed by atoms with Gasteiger partial charge in [0.05, 0.1) is 6.21 Å². The molecule has 68 valence electrons. The largest absolute Gasteiger partial charge is 0.288 e. The summed E-state index contributed by atoms with van der Waals surface area (Å²) >= 11 is 0. The van der Waals surface area contributed by atoms with Crippen LogP contribution in [0.15, 0.2) is 20.0 Å². The van der Waals surface area contributed by atoms with E-state index in [1.807, 2.05) is 6.92 Å². The molecule has 2 heterocycles. The fourth-order valence-electron chi connectivity index (χ4n) is 1.32. The van der Waals surface area contributed by atoms with Gasteiger partial charge in [-0.2, -0.15) is 0 Å². The SMILES string of the molecule is CCCC1(N)N=CC2=NC=NC2=N1. The monoisotopic (exact) mass is 177 g/mol. The van der Waals surface area contributed by atoms with Crippen LogP contribution in [0.5, 0.6) is 0 Å². The topological polar surface area (TPSA) is 75.5 Å². The number of fused-ring (bicyclic) bond motifs is 1. The van der Waals surface area contributed by atoms with Gasteiger partial charge < -0.3 is 0 Å². The lowest BCUT2D eigenvalue weighted by molar-refractivity contribution is 0.428. The molecular formula is C8H11N5. The molecule has 0 aliphatic carbocycles. The highest BCUT2D eigenvalue weighted by Gasteiger charge is 2.27. The second-order valence-corrected chi connectivity index (χ2v) is 3.08. The Hall–Kier alpha value is -1.36. The Morgan fingerprint density at radius 1 is 1.54 bits per heavy atom. The quantitative estimate of drug-likeness (QED) is 0.649. The highest BCUT2D eigenvalue weighted by Crippen LogP contribution is 2.17. The predicted molar refractivity (Wildman–Crippen MR) is 53.7 cm³/mol. The molecule has 0 bridgehead atoms. The fourth-order valence-corrected chi connectivity index (χ4v) is 1.32. The summed E-state index contributed by atoms with van der Waals surface area (Å²) < 4.78 is 0. The molecular weight excluding hydrogens is 166 g/mol. The Morgan fingerprint density at radius 2 is 2.38 bits per heavy atom. The minimum atomic E-state index is -0.815. The maximum Gasteiger partial charge on any atom is 0.204 e. The molecule has 0 radical (unpaired) electrons. The van der Waals surface area contributed by atoms with Crippen LogP contribution >= 0.6 is 0 Å². The molecule has 0 saturated carbocycles. The molecule has 0 amide bonds. The van der Waals surface area contributed by atoms with Crippen LogP contribution in [-0.2, 0) is 0 Å². The predicted octanol–water partition coefficient (Wildman–Crippen LogP) is 0.365. The van der Waals surface area contributed by atoms with Crippen LogP contribution in [0.1, 0.15) is 19.8 Å². The number of aliphatic imine (C=N–C) groups is 4. The molecule has 5 heteroatoms. The molecule has 0 fully saturated rings. The minimum Gasteiger partial charge on any atom is -0.288 e. The van der Waals surface area contributed by atoms with E-state index < -0.39 is 5.79 Å². The Bertz CT molecular complexity index is 338. The van der Waals surface area contributed by atoms with Gasteiger partial charge in [-0.1, -0.05) is 13.3 Å². The Balaban J connectivity index is 2.28. The minimum absolute atomic E-state index is 0.603. The number of nitrogens with two attached hydrogens (primary N) is 1. The number of nitrogens with zero attached hydrogens (tertiary/aromatic N) is 4. The smallest absolute Gasteiger partial charge is 0.204 e. The fraction of sp³-hybridized carbons (Fsp3) is 0.500. The lowest BCUT2D eigenvalue weighted by Gasteiger charge is -2.22. The van der Waals surface area contributed by atoms with E-state index in [0.717, 1.165) is 12.8 Å². The molecule has 2 aliphatic heterocycles. The first-order valence-electron chi connectivity index (χ1n) is 4.28. The van der Waals surface area contributed by atoms with E-state index in [1.165, 1.54) is 6.34 Å². The van der Waals surface area contributed by atoms with Gasteiger partial charge in [0.25, 0.3) is 0 Å². The van der Waals surface area contributed by atoms with Crippen molar-refractivity contribution in [1.29, 1.82) is 0 Å². The normalized spacial score (nSPS) is 30.0. The van der Waals surface area contributed by atoms with Crippen molar-refractivity contribution in [1.82, 2.24) is 0 Å². The van der Waals surface area contributed by atoms with Crippen LogP contribution in [0.3, 0.4) is 0 Å². The van der Waals surface area contributed by atoms with Crippen LogP contribution in [0.25, 0.3) is 0 Å². The highest BCUT2D eigenvalue weighted by atomic mass is 15.3. The van der Waals surface area contributed by atoms with Gasteiger partial charge in [0.2, 0.25) is 5.79 Å². The molecule has 2 aliphatic rings. The Labute approximate surface area is 76.2 Å². The van der Waals surface area contributed by atoms with Crippen molar-refractivity contribution in [3.8, 4) is 0 Å². The molecule has 0 aromatic heterocycles. The average Bonchev–Trinajstić information content (AvgIpc) is 2.50. The summed E-state index contributed by atoms with van der Waals surface area (Å²) in [5, 5.41) is 0. The van der Waals surface area contributed by atoms with Crippen LogP contribution in [0.2, 0.25) is 0 Å². The molecule has 0 spiro atoms. The molecule has 5 nitrogen and oxygen atoms in total. The Morgan fingerprint density at radius 3 is 3.15 bits per heavy atom. The van der Waals surface area contributed by atoms with Crippen LogP contribution in [0.4, 0.5) is 0 Å². The van der Waals surface area contributed by atoms with E-state index >= 15 is 0 Å². The Kier molecular flexibility index (Phi) is 1.81. The third-order valence-electron chi connectivity index (χ3n) is 1.93. The van der Waals surface area contributed by atoms with Gasteiger partial charge in [-0.05, 0) is 0 Å². The van der Waals surface area contributed by atoms with Crippen molar-refractivity contribution in [2.45, 2.75) is 25.6 Å². The summed E-state index contributed by atoms with van der Waals surface area (Å²) in [5.41, 5.74) is 6.62. The number of hydrogen-bond acceptors (Lipinski definition) is 5. The third kappa shape index (κ3) is 1.42. The van der Waals surface area contributed by atoms with Crippen molar-refractivity contribution in [3.63, 3.8) is 0 Å². The average molecular weight is 177 g/mol. The molecule has 2 N–H and O–H groups in total. The summed E-state index contributed by atoms with van der Waals surface area (Å²) in [5.74, 6) is -0.212. The van der Waals surface area contributed by atoms with Crippen molar-refractivity contribution < 1.29 is 0 Å². The summed E-state index contributed by atoms with van der Waals surface area (Å²) in [4.78, 5) is 16.3. The first-order chi connectivity index (χ1) is 6.23. The van der Waals surface area contributed by atoms with Crippen molar-refractivity contribution in [3.05, 3.63) is 0 Å². The van der Waals surface area contributed by atoms with E-state index in [4.69, 9.17) is 5.73 Å². The number of rotatable bonds is 2. The van der Waals surface area contributed by atoms with Gasteiger partial charge in [0.15, 0.2) is 5.84 Å². The molecule has 1 unspecified atom stereocenters. The highest BCUT2D eigenvalue weighted by molar-refractivity contribution is 6.65. The lowest BCUT2D eigenvalue weighted by Crippen LogP contribution is -2.40. The lowest BCUT2D eigenvalue weighted by atomic mass is 10.2. The van der Waals surface area contributed by atoms with Gasteiger partial charge in [-0.25, -0.2) is 20.0 Å². The molecule has 13 heavy (non-hydrogen) atoms. The number of hydrogen-bond donors (Lipinski definition) is 1. The second-order valence-electron chi connectivity index (χ2n) is 3.08. The van der Waals surface area contributed by atoms with Crippen molar-refractivity contribution in [2.75, 3.05) is 0 Å². The first kappa shape index (κ1) is 8.25. The first-order valence-corrected chi connectivity index (χ1v) is 4.28. The maximum atomic E-state index is 5.91. The summed E-state index contributed by atoms with van der Waals surface area (Å²) in [7, 11) is 0. The van der Waals surface area contributed by atoms with E-state index in [0.29, 0.717) is 11.5 Å². The van der Waals surface area contributed by atoms with Gasteiger partial charge in [0.1, 0.15) is 12.1 Å². The molecule has 0 saturated heterocycles. The van der Waals surface area contributed by atoms with Gasteiger partial charge in [0, 0.05) is 6.42 Å². The van der Waals surface area contributed by atoms with Gasteiger partial charge in [-0.3, -0.25) is 5.73 Å². The summed E-state index contributed by atoms with van der Waals surface area (Å²) in [6, 6.07) is 0. The maximum absolute atomic E-state index is 5.91.